The van der Waals surface area contributed by atoms with Crippen molar-refractivity contribution in [3.05, 3.63) is 57.0 Å². The predicted molar refractivity (Wildman–Crippen MR) is 122 cm³/mol. The first-order valence-electron chi connectivity index (χ1n) is 9.45. The number of rotatable bonds is 11. The van der Waals surface area contributed by atoms with Gasteiger partial charge in [-0.25, -0.2) is 4.68 Å². The standard InChI is InChI=1S/C20H23BrClN5O2S/c1-3-28-18-11-14(12-23-8-9-30-20-24-25-26-27(20)2)10-16(21)19(18)29-13-15-6-4-5-7-17(15)22/h4-7,10-11,23H,3,8-9,12-13H2,1-2H3. The van der Waals surface area contributed by atoms with Crippen LogP contribution in [0.5, 0.6) is 11.5 Å². The number of aryl methyl sites for hydroxylation is 1. The average Bonchev–Trinajstić information content (AvgIpc) is 3.13. The summed E-state index contributed by atoms with van der Waals surface area (Å²) < 4.78 is 14.4. The molecular formula is C20H23BrClN5O2S. The molecule has 160 valence electrons. The maximum atomic E-state index is 6.24. The van der Waals surface area contributed by atoms with Gasteiger partial charge in [-0.1, -0.05) is 41.6 Å². The number of nitrogens with one attached hydrogen (secondary N) is 1. The van der Waals surface area contributed by atoms with Crippen molar-refractivity contribution in [2.75, 3.05) is 18.9 Å². The third kappa shape index (κ3) is 6.34. The first-order chi connectivity index (χ1) is 14.6. The Morgan fingerprint density at radius 1 is 1.23 bits per heavy atom. The molecule has 0 amide bonds. The molecule has 0 aliphatic heterocycles. The average molecular weight is 513 g/mol. The Morgan fingerprint density at radius 2 is 2.07 bits per heavy atom. The number of thioether (sulfide) groups is 1. The van der Waals surface area contributed by atoms with Crippen LogP contribution in [0, 0.1) is 0 Å². The Hall–Kier alpha value is -1.81. The lowest BCUT2D eigenvalue weighted by molar-refractivity contribution is 0.267. The molecule has 0 aliphatic carbocycles. The van der Waals surface area contributed by atoms with Gasteiger partial charge in [-0.15, -0.1) is 5.10 Å². The normalized spacial score (nSPS) is 10.9. The molecule has 0 aliphatic rings. The first-order valence-corrected chi connectivity index (χ1v) is 11.6. The molecule has 7 nitrogen and oxygen atoms in total. The fraction of sp³-hybridized carbons (Fsp3) is 0.350. The maximum absolute atomic E-state index is 6.24. The van der Waals surface area contributed by atoms with Gasteiger partial charge >= 0.3 is 0 Å². The van der Waals surface area contributed by atoms with E-state index in [-0.39, 0.29) is 0 Å². The Morgan fingerprint density at radius 3 is 2.80 bits per heavy atom. The zero-order valence-corrected chi connectivity index (χ0v) is 19.9. The highest BCUT2D eigenvalue weighted by Crippen LogP contribution is 2.37. The second-order valence-electron chi connectivity index (χ2n) is 6.33. The first kappa shape index (κ1) is 22.9. The van der Waals surface area contributed by atoms with E-state index in [0.717, 1.165) is 33.1 Å². The summed E-state index contributed by atoms with van der Waals surface area (Å²) in [5.74, 6) is 2.24. The molecule has 0 unspecified atom stereocenters. The van der Waals surface area contributed by atoms with Gasteiger partial charge < -0.3 is 14.8 Å². The van der Waals surface area contributed by atoms with Gasteiger partial charge in [0.05, 0.1) is 11.1 Å². The molecule has 0 atom stereocenters. The van der Waals surface area contributed by atoms with Crippen LogP contribution in [0.4, 0.5) is 0 Å². The molecule has 1 N–H and O–H groups in total. The predicted octanol–water partition coefficient (Wildman–Crippen LogP) is 4.49. The summed E-state index contributed by atoms with van der Waals surface area (Å²) in [6, 6.07) is 11.7. The van der Waals surface area contributed by atoms with Crippen molar-refractivity contribution in [3.8, 4) is 11.5 Å². The third-order valence-corrected chi connectivity index (χ3v) is 6.09. The van der Waals surface area contributed by atoms with Crippen LogP contribution >= 0.6 is 39.3 Å². The lowest BCUT2D eigenvalue weighted by Gasteiger charge is -2.16. The Bertz CT molecular complexity index is 972. The van der Waals surface area contributed by atoms with Crippen LogP contribution in [0.3, 0.4) is 0 Å². The number of halogens is 2. The van der Waals surface area contributed by atoms with Crippen LogP contribution in [-0.2, 0) is 20.2 Å². The molecule has 2 aromatic carbocycles. The summed E-state index contributed by atoms with van der Waals surface area (Å²) >= 11 is 11.5. The number of hydrogen-bond acceptors (Lipinski definition) is 7. The zero-order valence-electron chi connectivity index (χ0n) is 16.8. The molecule has 3 rings (SSSR count). The van der Waals surface area contributed by atoms with E-state index in [1.54, 1.807) is 16.4 Å². The fourth-order valence-electron chi connectivity index (χ4n) is 2.68. The van der Waals surface area contributed by atoms with E-state index in [9.17, 15) is 0 Å². The molecule has 0 spiro atoms. The van der Waals surface area contributed by atoms with E-state index in [0.29, 0.717) is 36.3 Å². The van der Waals surface area contributed by atoms with Crippen LogP contribution < -0.4 is 14.8 Å². The summed E-state index contributed by atoms with van der Waals surface area (Å²) in [4.78, 5) is 0. The second kappa shape index (κ2) is 11.5. The lowest BCUT2D eigenvalue weighted by atomic mass is 10.2. The smallest absolute Gasteiger partial charge is 0.209 e. The van der Waals surface area contributed by atoms with E-state index in [4.69, 9.17) is 21.1 Å². The van der Waals surface area contributed by atoms with Gasteiger partial charge in [0.25, 0.3) is 0 Å². The number of hydrogen-bond donors (Lipinski definition) is 1. The number of aromatic nitrogens is 4. The summed E-state index contributed by atoms with van der Waals surface area (Å²) in [7, 11) is 1.83. The van der Waals surface area contributed by atoms with E-state index in [2.05, 4.69) is 36.8 Å². The summed E-state index contributed by atoms with van der Waals surface area (Å²) in [6.45, 7) is 4.40. The van der Waals surface area contributed by atoms with Gasteiger partial charge in [0, 0.05) is 36.5 Å². The summed E-state index contributed by atoms with van der Waals surface area (Å²) in [5, 5.41) is 16.3. The minimum Gasteiger partial charge on any atom is -0.490 e. The van der Waals surface area contributed by atoms with Gasteiger partial charge in [-0.3, -0.25) is 0 Å². The van der Waals surface area contributed by atoms with E-state index >= 15 is 0 Å². The number of ether oxygens (including phenoxy) is 2. The summed E-state index contributed by atoms with van der Waals surface area (Å²) in [6.07, 6.45) is 0. The molecule has 0 saturated heterocycles. The van der Waals surface area contributed by atoms with Gasteiger partial charge in [0.2, 0.25) is 5.16 Å². The molecule has 30 heavy (non-hydrogen) atoms. The Balaban J connectivity index is 1.58. The molecule has 3 aromatic rings. The summed E-state index contributed by atoms with van der Waals surface area (Å²) in [5.41, 5.74) is 2.02. The van der Waals surface area contributed by atoms with Crippen molar-refractivity contribution in [3.63, 3.8) is 0 Å². The van der Waals surface area contributed by atoms with Gasteiger partial charge in [0.1, 0.15) is 6.61 Å². The number of tetrazole rings is 1. The van der Waals surface area contributed by atoms with Crippen molar-refractivity contribution in [1.82, 2.24) is 25.5 Å². The molecule has 10 heteroatoms. The highest BCUT2D eigenvalue weighted by molar-refractivity contribution is 9.10. The van der Waals surface area contributed by atoms with Gasteiger partial charge in [0.15, 0.2) is 11.5 Å². The maximum Gasteiger partial charge on any atom is 0.209 e. The lowest BCUT2D eigenvalue weighted by Crippen LogP contribution is -2.17. The fourth-order valence-corrected chi connectivity index (χ4v) is 4.22. The molecule has 0 bridgehead atoms. The zero-order chi connectivity index (χ0) is 21.3. The van der Waals surface area contributed by atoms with Crippen molar-refractivity contribution in [1.29, 1.82) is 0 Å². The van der Waals surface area contributed by atoms with Crippen molar-refractivity contribution >= 4 is 39.3 Å². The third-order valence-electron chi connectivity index (χ3n) is 4.12. The van der Waals surface area contributed by atoms with Crippen molar-refractivity contribution in [2.45, 2.75) is 25.2 Å². The van der Waals surface area contributed by atoms with Crippen LogP contribution in [0.25, 0.3) is 0 Å². The second-order valence-corrected chi connectivity index (χ2v) is 8.65. The van der Waals surface area contributed by atoms with Crippen molar-refractivity contribution < 1.29 is 9.47 Å². The molecule has 1 aromatic heterocycles. The van der Waals surface area contributed by atoms with Crippen LogP contribution in [0.15, 0.2) is 46.0 Å². The molecule has 0 saturated carbocycles. The minimum atomic E-state index is 0.365. The molecule has 1 heterocycles. The molecule has 0 fully saturated rings. The topological polar surface area (TPSA) is 74.1 Å². The Kier molecular flexibility index (Phi) is 8.80. The quantitative estimate of drug-likeness (QED) is 0.300. The highest BCUT2D eigenvalue weighted by Gasteiger charge is 2.13. The van der Waals surface area contributed by atoms with Crippen LogP contribution in [-0.4, -0.2) is 39.1 Å². The monoisotopic (exact) mass is 511 g/mol. The van der Waals surface area contributed by atoms with Gasteiger partial charge in [-0.2, -0.15) is 0 Å². The van der Waals surface area contributed by atoms with Gasteiger partial charge in [-0.05, 0) is 57.0 Å². The number of benzene rings is 2. The van der Waals surface area contributed by atoms with E-state index in [1.807, 2.05) is 50.4 Å². The van der Waals surface area contributed by atoms with Crippen molar-refractivity contribution in [2.24, 2.45) is 7.05 Å². The minimum absolute atomic E-state index is 0.365. The van der Waals surface area contributed by atoms with E-state index in [1.165, 1.54) is 0 Å². The van der Waals surface area contributed by atoms with E-state index < -0.39 is 0 Å². The highest BCUT2D eigenvalue weighted by atomic mass is 79.9. The molecular weight excluding hydrogens is 490 g/mol. The van der Waals surface area contributed by atoms with Crippen LogP contribution in [0.1, 0.15) is 18.1 Å². The van der Waals surface area contributed by atoms with Crippen LogP contribution in [0.2, 0.25) is 5.02 Å². The molecule has 0 radical (unpaired) electrons. The SMILES string of the molecule is CCOc1cc(CNCCSc2nnnn2C)cc(Br)c1OCc1ccccc1Cl. The Labute approximate surface area is 193 Å². The number of nitrogens with zero attached hydrogens (tertiary/aromatic N) is 4. The largest absolute Gasteiger partial charge is 0.490 e.